The van der Waals surface area contributed by atoms with E-state index in [1.165, 1.54) is 0 Å². The maximum absolute atomic E-state index is 8.79. The van der Waals surface area contributed by atoms with Gasteiger partial charge < -0.3 is 0 Å². The fourth-order valence-electron chi connectivity index (χ4n) is 6.34. The number of aromatic nitrogens is 3. The van der Waals surface area contributed by atoms with Gasteiger partial charge in [-0.05, 0) is 79.7 Å². The minimum atomic E-state index is -2.94. The number of nitrogens with zero attached hydrogens (tertiary/aromatic N) is 3. The normalized spacial score (nSPS) is 13.8. The second-order valence-corrected chi connectivity index (χ2v) is 10.6. The Hall–Kier alpha value is -5.54. The number of aryl methyl sites for hydroxylation is 1. The molecule has 43 heavy (non-hydrogen) atoms. The first-order valence-electron chi connectivity index (χ1n) is 16.8. The smallest absolute Gasteiger partial charge is 0.114 e. The van der Waals surface area contributed by atoms with Gasteiger partial charge in [-0.25, -0.2) is 4.98 Å². The van der Waals surface area contributed by atoms with Crippen LogP contribution in [0.3, 0.4) is 0 Å². The van der Waals surface area contributed by atoms with Crippen LogP contribution in [0.2, 0.25) is 0 Å². The molecule has 2 aromatic heterocycles. The van der Waals surface area contributed by atoms with Crippen LogP contribution in [0.5, 0.6) is 0 Å². The van der Waals surface area contributed by atoms with Crippen molar-refractivity contribution >= 4 is 32.6 Å². The second-order valence-electron chi connectivity index (χ2n) is 10.6. The molecule has 0 aliphatic heterocycles. The molecule has 0 aliphatic carbocycles. The van der Waals surface area contributed by atoms with E-state index in [1.807, 2.05) is 78.9 Å². The molecule has 8 aromatic rings. The van der Waals surface area contributed by atoms with Gasteiger partial charge in [-0.1, -0.05) is 110 Å². The van der Waals surface area contributed by atoms with Crippen LogP contribution in [0.15, 0.2) is 146 Å². The summed E-state index contributed by atoms with van der Waals surface area (Å²) >= 11 is 0. The number of para-hydroxylation sites is 3. The molecular formula is C40H29N3. The lowest BCUT2D eigenvalue weighted by molar-refractivity contribution is 0.909. The molecule has 0 aliphatic rings. The van der Waals surface area contributed by atoms with Gasteiger partial charge in [0, 0.05) is 31.2 Å². The first-order chi connectivity index (χ1) is 23.2. The average Bonchev–Trinajstić information content (AvgIpc) is 3.51. The summed E-state index contributed by atoms with van der Waals surface area (Å²) in [5.41, 5.74) is 8.06. The van der Waals surface area contributed by atoms with E-state index in [0.717, 1.165) is 54.9 Å². The summed E-state index contributed by atoms with van der Waals surface area (Å²) in [6, 6.07) is 44.4. The first-order valence-corrected chi connectivity index (χ1v) is 14.3. The van der Waals surface area contributed by atoms with Gasteiger partial charge in [0.2, 0.25) is 0 Å². The van der Waals surface area contributed by atoms with Gasteiger partial charge in [0.15, 0.2) is 0 Å². The molecule has 3 heteroatoms. The van der Waals surface area contributed by atoms with Gasteiger partial charge in [0.25, 0.3) is 0 Å². The topological polar surface area (TPSA) is 30.7 Å². The molecule has 0 atom stereocenters. The quantitative estimate of drug-likeness (QED) is 0.197. The Labute approximate surface area is 257 Å². The zero-order chi connectivity index (χ0) is 33.0. The van der Waals surface area contributed by atoms with Crippen molar-refractivity contribution in [1.29, 1.82) is 0 Å². The highest BCUT2D eigenvalue weighted by atomic mass is 15.1. The molecule has 204 valence electrons. The van der Waals surface area contributed by atoms with E-state index in [1.54, 1.807) is 23.0 Å². The van der Waals surface area contributed by atoms with E-state index < -0.39 is 13.2 Å². The number of imidazole rings is 1. The predicted molar refractivity (Wildman–Crippen MR) is 180 cm³/mol. The van der Waals surface area contributed by atoms with E-state index >= 15 is 0 Å². The van der Waals surface area contributed by atoms with Crippen LogP contribution in [-0.2, 0) is 6.37 Å². The number of pyridine rings is 1. The molecule has 8 rings (SSSR count). The van der Waals surface area contributed by atoms with E-state index in [4.69, 9.17) is 6.85 Å². The Morgan fingerprint density at radius 1 is 0.581 bits per heavy atom. The standard InChI is InChI=1S/C40H29N3/c1-2-38-42-35-16-8-10-18-37(35)43(38)36-17-9-7-15-34(36)40-32-13-5-3-11-30(32)39(31-12-4-6-14-33(31)40)29-21-19-27(20-22-29)28-23-25-41-26-24-28/h3-26H,2H2,1H3/i1D3,2D2. The zero-order valence-corrected chi connectivity index (χ0v) is 23.2. The maximum atomic E-state index is 8.79. The highest BCUT2D eigenvalue weighted by molar-refractivity contribution is 6.22. The Balaban J connectivity index is 1.42. The number of rotatable bonds is 5. The summed E-state index contributed by atoms with van der Waals surface area (Å²) < 4.78 is 43.6. The molecule has 0 unspecified atom stereocenters. The first kappa shape index (κ1) is 20.4. The number of fused-ring (bicyclic) bond motifs is 3. The molecule has 0 bridgehead atoms. The fraction of sp³-hybridized carbons (Fsp3) is 0.0500. The van der Waals surface area contributed by atoms with Crippen molar-refractivity contribution in [3.05, 3.63) is 152 Å². The Bertz CT molecular complexity index is 2410. The van der Waals surface area contributed by atoms with Crippen LogP contribution in [0.4, 0.5) is 0 Å². The SMILES string of the molecule is [2H]C([2H])([2H])C([2H])([2H])c1nc2ccccc2n1-c1ccccc1-c1c2ccccc2c(-c2ccc(-c3ccncc3)cc2)c2ccccc12. The number of benzene rings is 6. The summed E-state index contributed by atoms with van der Waals surface area (Å²) in [4.78, 5) is 8.75. The number of hydrogen-bond donors (Lipinski definition) is 0. The van der Waals surface area contributed by atoms with E-state index in [0.29, 0.717) is 16.7 Å². The van der Waals surface area contributed by atoms with Crippen molar-refractivity contribution < 1.29 is 6.85 Å². The lowest BCUT2D eigenvalue weighted by Crippen LogP contribution is -2.03. The van der Waals surface area contributed by atoms with Crippen molar-refractivity contribution in [2.45, 2.75) is 13.2 Å². The minimum Gasteiger partial charge on any atom is -0.296 e. The van der Waals surface area contributed by atoms with Gasteiger partial charge in [-0.15, -0.1) is 0 Å². The number of hydrogen-bond acceptors (Lipinski definition) is 2. The van der Waals surface area contributed by atoms with Crippen LogP contribution < -0.4 is 0 Å². The maximum Gasteiger partial charge on any atom is 0.114 e. The van der Waals surface area contributed by atoms with Gasteiger partial charge in [-0.3, -0.25) is 9.55 Å². The van der Waals surface area contributed by atoms with Crippen molar-refractivity contribution in [3.63, 3.8) is 0 Å². The van der Waals surface area contributed by atoms with E-state index in [9.17, 15) is 0 Å². The molecule has 0 N–H and O–H groups in total. The fourth-order valence-corrected chi connectivity index (χ4v) is 6.34. The molecule has 0 fully saturated rings. The summed E-state index contributed by atoms with van der Waals surface area (Å²) in [5.74, 6) is -0.157. The van der Waals surface area contributed by atoms with Gasteiger partial charge >= 0.3 is 0 Å². The molecule has 0 amide bonds. The minimum absolute atomic E-state index is 0.157. The second kappa shape index (κ2) is 10.4. The van der Waals surface area contributed by atoms with Crippen LogP contribution >= 0.6 is 0 Å². The average molecular weight is 557 g/mol. The monoisotopic (exact) mass is 556 g/mol. The molecule has 0 saturated heterocycles. The van der Waals surface area contributed by atoms with Crippen LogP contribution in [0, 0.1) is 0 Å². The largest absolute Gasteiger partial charge is 0.296 e. The third-order valence-electron chi connectivity index (χ3n) is 8.21. The van der Waals surface area contributed by atoms with Crippen molar-refractivity contribution in [3.8, 4) is 39.1 Å². The van der Waals surface area contributed by atoms with E-state index in [2.05, 4.69) is 58.5 Å². The molecule has 2 heterocycles. The predicted octanol–water partition coefficient (Wildman–Crippen LogP) is 10.3. The molecule has 0 radical (unpaired) electrons. The molecule has 0 saturated carbocycles. The van der Waals surface area contributed by atoms with Gasteiger partial charge in [-0.2, -0.15) is 0 Å². The molecular weight excluding hydrogens is 522 g/mol. The zero-order valence-electron chi connectivity index (χ0n) is 28.2. The highest BCUT2D eigenvalue weighted by Gasteiger charge is 2.20. The summed E-state index contributed by atoms with van der Waals surface area (Å²) in [6.45, 7) is -2.94. The third-order valence-corrected chi connectivity index (χ3v) is 8.21. The Morgan fingerprint density at radius 3 is 1.84 bits per heavy atom. The molecule has 3 nitrogen and oxygen atoms in total. The Morgan fingerprint density at radius 2 is 1.14 bits per heavy atom. The lowest BCUT2D eigenvalue weighted by atomic mass is 9.85. The van der Waals surface area contributed by atoms with E-state index in [-0.39, 0.29) is 5.82 Å². The summed E-state index contributed by atoms with van der Waals surface area (Å²) in [7, 11) is 0. The van der Waals surface area contributed by atoms with Crippen LogP contribution in [0.25, 0.3) is 71.6 Å². The van der Waals surface area contributed by atoms with Gasteiger partial charge in [0.05, 0.1) is 16.7 Å². The molecule has 0 spiro atoms. The van der Waals surface area contributed by atoms with Crippen molar-refractivity contribution in [2.24, 2.45) is 0 Å². The third kappa shape index (κ3) is 4.12. The van der Waals surface area contributed by atoms with Crippen molar-refractivity contribution in [1.82, 2.24) is 14.5 Å². The lowest BCUT2D eigenvalue weighted by Gasteiger charge is -2.20. The van der Waals surface area contributed by atoms with Crippen molar-refractivity contribution in [2.75, 3.05) is 0 Å². The Kier molecular flexibility index (Phi) is 4.91. The molecule has 6 aromatic carbocycles. The summed E-state index contributed by atoms with van der Waals surface area (Å²) in [5, 5.41) is 4.21. The van der Waals surface area contributed by atoms with Crippen LogP contribution in [-0.4, -0.2) is 14.5 Å². The summed E-state index contributed by atoms with van der Waals surface area (Å²) in [6.07, 6.45) is 0.886. The van der Waals surface area contributed by atoms with Gasteiger partial charge in [0.1, 0.15) is 5.82 Å². The van der Waals surface area contributed by atoms with Crippen LogP contribution in [0.1, 0.15) is 19.5 Å². The highest BCUT2D eigenvalue weighted by Crippen LogP contribution is 2.45.